The number of fused-ring (bicyclic) bond motifs is 1. The first-order valence-electron chi connectivity index (χ1n) is 13.3. The first kappa shape index (κ1) is 26.4. The molecule has 1 saturated heterocycles. The first-order valence-corrected chi connectivity index (χ1v) is 13.7. The predicted octanol–water partition coefficient (Wildman–Crippen LogP) is 2.29. The molecular weight excluding hydrogens is 534 g/mol. The Morgan fingerprint density at radius 1 is 1.00 bits per heavy atom. The van der Waals surface area contributed by atoms with Crippen LogP contribution in [0.15, 0.2) is 79.5 Å². The molecule has 0 aliphatic carbocycles. The van der Waals surface area contributed by atoms with Gasteiger partial charge in [-0.15, -0.1) is 5.10 Å². The highest BCUT2D eigenvalue weighted by Crippen LogP contribution is 2.37. The summed E-state index contributed by atoms with van der Waals surface area (Å²) in [6, 6.07) is 23.2. The van der Waals surface area contributed by atoms with E-state index in [1.165, 1.54) is 5.56 Å². The Kier molecular flexibility index (Phi) is 7.53. The molecule has 0 saturated carbocycles. The van der Waals surface area contributed by atoms with E-state index in [9.17, 15) is 0 Å². The van der Waals surface area contributed by atoms with Crippen molar-refractivity contribution >= 4 is 28.5 Å². The Balaban J connectivity index is 1.36. The van der Waals surface area contributed by atoms with Crippen LogP contribution in [-0.2, 0) is 6.54 Å². The third-order valence-electron chi connectivity index (χ3n) is 7.38. The number of H-pyrrole nitrogens is 1. The second-order valence-electron chi connectivity index (χ2n) is 9.82. The van der Waals surface area contributed by atoms with Crippen LogP contribution in [-0.4, -0.2) is 75.6 Å². The molecule has 206 valence electrons. The molecule has 11 nitrogen and oxygen atoms in total. The highest BCUT2D eigenvalue weighted by molar-refractivity contribution is 7.80. The molecular formula is C29H29N11S. The van der Waals surface area contributed by atoms with Crippen LogP contribution in [0.2, 0.25) is 0 Å². The van der Waals surface area contributed by atoms with Crippen LogP contribution < -0.4 is 10.8 Å². The van der Waals surface area contributed by atoms with Crippen LogP contribution in [0.4, 0.5) is 0 Å². The van der Waals surface area contributed by atoms with Gasteiger partial charge in [-0.1, -0.05) is 72.3 Å². The lowest BCUT2D eigenvalue weighted by Gasteiger charge is -2.43. The second kappa shape index (κ2) is 11.7. The van der Waals surface area contributed by atoms with Crippen LogP contribution >= 0.6 is 12.2 Å². The molecule has 41 heavy (non-hydrogen) atoms. The molecule has 3 N–H and O–H groups in total. The van der Waals surface area contributed by atoms with Crippen molar-refractivity contribution in [1.29, 1.82) is 5.41 Å². The molecule has 2 aromatic carbocycles. The summed E-state index contributed by atoms with van der Waals surface area (Å²) >= 11 is 5.47. The molecule has 1 fully saturated rings. The minimum atomic E-state index is -0.147. The Morgan fingerprint density at radius 3 is 2.37 bits per heavy atom. The standard InChI is InChI=1S/C29H29N11S/c1-2-31-29(41)38-15-13-37(14-16-38)25(21-9-5-3-6-10-21)26(22-11-7-4-8-12-22)40-18-23(35-36-40)17-39-20-34-27(30)24-28(39)33-19-32-24/h1,3-12,18-20,25-26,30H,13-17H2,(H,31,41)(H,32,33)/t25-,26+/m0/s1. The number of terminal acetylenes is 1. The number of nitrogens with one attached hydrogen (secondary N) is 3. The quantitative estimate of drug-likeness (QED) is 0.157. The molecule has 12 heteroatoms. The van der Waals surface area contributed by atoms with Crippen LogP contribution in [0.3, 0.4) is 0 Å². The fourth-order valence-corrected chi connectivity index (χ4v) is 5.70. The van der Waals surface area contributed by atoms with E-state index in [1.54, 1.807) is 12.7 Å². The maximum Gasteiger partial charge on any atom is 0.180 e. The van der Waals surface area contributed by atoms with Gasteiger partial charge in [-0.25, -0.2) is 14.6 Å². The molecule has 1 aliphatic heterocycles. The number of piperazine rings is 1. The van der Waals surface area contributed by atoms with Gasteiger partial charge in [0.05, 0.1) is 37.5 Å². The van der Waals surface area contributed by atoms with Crippen LogP contribution in [0.1, 0.15) is 28.9 Å². The number of aromatic nitrogens is 7. The predicted molar refractivity (Wildman–Crippen MR) is 158 cm³/mol. The Labute approximate surface area is 242 Å². The van der Waals surface area contributed by atoms with E-state index >= 15 is 0 Å². The Bertz CT molecular complexity index is 1730. The van der Waals surface area contributed by atoms with Gasteiger partial charge in [0, 0.05) is 32.2 Å². The van der Waals surface area contributed by atoms with E-state index in [2.05, 4.69) is 95.0 Å². The minimum absolute atomic E-state index is 0.0144. The summed E-state index contributed by atoms with van der Waals surface area (Å²) in [7, 11) is 0. The normalized spacial score (nSPS) is 15.3. The zero-order valence-corrected chi connectivity index (χ0v) is 23.1. The summed E-state index contributed by atoms with van der Waals surface area (Å²) in [4.78, 5) is 16.2. The second-order valence-corrected chi connectivity index (χ2v) is 10.2. The fraction of sp³-hybridized carbons (Fsp3) is 0.241. The lowest BCUT2D eigenvalue weighted by atomic mass is 9.91. The molecule has 5 aromatic rings. The van der Waals surface area contributed by atoms with Gasteiger partial charge < -0.3 is 14.5 Å². The first-order chi connectivity index (χ1) is 20.1. The third kappa shape index (κ3) is 5.45. The maximum atomic E-state index is 8.04. The summed E-state index contributed by atoms with van der Waals surface area (Å²) in [5.41, 5.74) is 4.48. The number of rotatable bonds is 7. The molecule has 6 rings (SSSR count). The largest absolute Gasteiger partial charge is 0.346 e. The van der Waals surface area contributed by atoms with Crippen molar-refractivity contribution in [1.82, 2.24) is 49.6 Å². The van der Waals surface area contributed by atoms with Crippen molar-refractivity contribution in [2.45, 2.75) is 18.6 Å². The molecule has 0 unspecified atom stereocenters. The van der Waals surface area contributed by atoms with Crippen molar-refractivity contribution in [3.8, 4) is 12.5 Å². The lowest BCUT2D eigenvalue weighted by Crippen LogP contribution is -2.52. The van der Waals surface area contributed by atoms with Gasteiger partial charge in [0.25, 0.3) is 0 Å². The average Bonchev–Trinajstić information content (AvgIpc) is 3.69. The number of imidazole rings is 1. The summed E-state index contributed by atoms with van der Waals surface area (Å²) in [6.45, 7) is 3.54. The van der Waals surface area contributed by atoms with E-state index in [0.29, 0.717) is 22.8 Å². The molecule has 0 amide bonds. The van der Waals surface area contributed by atoms with Crippen LogP contribution in [0, 0.1) is 17.9 Å². The number of hydrogen-bond donors (Lipinski definition) is 3. The highest BCUT2D eigenvalue weighted by atomic mass is 32.1. The van der Waals surface area contributed by atoms with Gasteiger partial charge in [0.15, 0.2) is 16.2 Å². The third-order valence-corrected chi connectivity index (χ3v) is 7.74. The molecule has 1 aliphatic rings. The van der Waals surface area contributed by atoms with Gasteiger partial charge in [0.1, 0.15) is 11.2 Å². The topological polar surface area (TPSA) is 120 Å². The number of benzene rings is 2. The smallest absolute Gasteiger partial charge is 0.180 e. The van der Waals surface area contributed by atoms with E-state index in [1.807, 2.05) is 27.6 Å². The molecule has 0 radical (unpaired) electrons. The van der Waals surface area contributed by atoms with Gasteiger partial charge >= 0.3 is 0 Å². The molecule has 0 spiro atoms. The van der Waals surface area contributed by atoms with Gasteiger partial charge in [-0.05, 0) is 23.3 Å². The molecule has 0 bridgehead atoms. The number of thiocarbonyl (C=S) groups is 1. The van der Waals surface area contributed by atoms with Crippen LogP contribution in [0.5, 0.6) is 0 Å². The van der Waals surface area contributed by atoms with Gasteiger partial charge in [-0.2, -0.15) is 0 Å². The van der Waals surface area contributed by atoms with Gasteiger partial charge in [0.2, 0.25) is 0 Å². The van der Waals surface area contributed by atoms with E-state index in [4.69, 9.17) is 24.1 Å². The molecule has 2 atom stereocenters. The summed E-state index contributed by atoms with van der Waals surface area (Å²) in [5.74, 6) is 0. The van der Waals surface area contributed by atoms with Crippen LogP contribution in [0.25, 0.3) is 11.2 Å². The summed E-state index contributed by atoms with van der Waals surface area (Å²) in [5, 5.41) is 20.7. The van der Waals surface area contributed by atoms with Crippen molar-refractivity contribution < 1.29 is 0 Å². The molecule has 3 aromatic heterocycles. The summed E-state index contributed by atoms with van der Waals surface area (Å²) in [6.07, 6.45) is 10.6. The Morgan fingerprint density at radius 2 is 1.68 bits per heavy atom. The highest BCUT2D eigenvalue weighted by Gasteiger charge is 2.35. The minimum Gasteiger partial charge on any atom is -0.346 e. The SMILES string of the molecule is C#CNC(=S)N1CCN([C@@H](c2ccccc2)[C@@H](c2ccccc2)n2cc(Cn3cnc(=N)c4[nH]cnc43)nn2)CC1. The lowest BCUT2D eigenvalue weighted by molar-refractivity contribution is 0.103. The monoisotopic (exact) mass is 563 g/mol. The average molecular weight is 564 g/mol. The van der Waals surface area contributed by atoms with Crippen molar-refractivity contribution in [2.75, 3.05) is 26.2 Å². The van der Waals surface area contributed by atoms with E-state index in [0.717, 1.165) is 37.4 Å². The molecule has 4 heterocycles. The fourth-order valence-electron chi connectivity index (χ4n) is 5.45. The van der Waals surface area contributed by atoms with Crippen molar-refractivity contribution in [3.63, 3.8) is 0 Å². The van der Waals surface area contributed by atoms with Crippen molar-refractivity contribution in [3.05, 3.63) is 102 Å². The number of aromatic amines is 1. The van der Waals surface area contributed by atoms with E-state index in [-0.39, 0.29) is 17.6 Å². The number of nitrogens with zero attached hydrogens (tertiary/aromatic N) is 8. The zero-order chi connectivity index (χ0) is 28.2. The Hall–Kier alpha value is -4.86. The summed E-state index contributed by atoms with van der Waals surface area (Å²) < 4.78 is 3.84. The van der Waals surface area contributed by atoms with E-state index < -0.39 is 0 Å². The number of hydrogen-bond acceptors (Lipinski definition) is 7. The van der Waals surface area contributed by atoms with Crippen molar-refractivity contribution in [2.24, 2.45) is 0 Å². The maximum absolute atomic E-state index is 8.04. The zero-order valence-electron chi connectivity index (χ0n) is 22.3. The van der Waals surface area contributed by atoms with Gasteiger partial charge in [-0.3, -0.25) is 15.6 Å².